The summed E-state index contributed by atoms with van der Waals surface area (Å²) in [6, 6.07) is 8.76. The van der Waals surface area contributed by atoms with Crippen molar-refractivity contribution in [1.29, 1.82) is 0 Å². The summed E-state index contributed by atoms with van der Waals surface area (Å²) in [5, 5.41) is 20.8. The number of nitro groups is 1. The van der Waals surface area contributed by atoms with Crippen LogP contribution in [0.3, 0.4) is 0 Å². The molecule has 2 rings (SSSR count). The van der Waals surface area contributed by atoms with E-state index in [1.165, 1.54) is 18.3 Å². The fraction of sp³-hybridized carbons (Fsp3) is 0.125. The predicted molar refractivity (Wildman–Crippen MR) is 92.1 cm³/mol. The van der Waals surface area contributed by atoms with Crippen LogP contribution < -0.4 is 0 Å². The van der Waals surface area contributed by atoms with Gasteiger partial charge >= 0.3 is 5.97 Å². The molecule has 8 heteroatoms. The number of nitrogens with zero attached hydrogens (tertiary/aromatic N) is 2. The summed E-state index contributed by atoms with van der Waals surface area (Å²) in [5.74, 6) is -0.569. The third-order valence-corrected chi connectivity index (χ3v) is 3.62. The number of non-ortho nitro benzene ring substituents is 1. The summed E-state index contributed by atoms with van der Waals surface area (Å²) in [6.45, 7) is 2.01. The van der Waals surface area contributed by atoms with Crippen LogP contribution in [0.15, 0.2) is 45.9 Å². The monoisotopic (exact) mass is 392 g/mol. The molecule has 0 aliphatic rings. The standard InChI is InChI=1S/C16H13BrN2O5/c1-2-24-16(21)10-3-5-12(6-4-10)18-9-11-7-13(19(22)23)8-14(17)15(11)20/h3-9,20H,2H2,1H3. The van der Waals surface area contributed by atoms with Crippen molar-refractivity contribution in [3.05, 3.63) is 62.1 Å². The Balaban J connectivity index is 2.25. The molecule has 124 valence electrons. The van der Waals surface area contributed by atoms with Crippen LogP contribution in [0.1, 0.15) is 22.8 Å². The highest BCUT2D eigenvalue weighted by atomic mass is 79.9. The quantitative estimate of drug-likeness (QED) is 0.358. The Hall–Kier alpha value is -2.74. The number of ether oxygens (including phenoxy) is 1. The Morgan fingerprint density at radius 1 is 1.38 bits per heavy atom. The number of phenols is 1. The van der Waals surface area contributed by atoms with E-state index >= 15 is 0 Å². The lowest BCUT2D eigenvalue weighted by atomic mass is 10.2. The molecule has 0 radical (unpaired) electrons. The number of aliphatic imine (C=N–C) groups is 1. The first kappa shape index (κ1) is 17.6. The molecule has 0 saturated carbocycles. The molecular weight excluding hydrogens is 380 g/mol. The summed E-state index contributed by atoms with van der Waals surface area (Å²) in [5.41, 5.74) is 0.950. The van der Waals surface area contributed by atoms with Crippen molar-refractivity contribution >= 4 is 39.5 Å². The molecule has 0 atom stereocenters. The summed E-state index contributed by atoms with van der Waals surface area (Å²) in [4.78, 5) is 26.0. The Morgan fingerprint density at radius 3 is 2.62 bits per heavy atom. The number of esters is 1. The van der Waals surface area contributed by atoms with Gasteiger partial charge in [-0.25, -0.2) is 4.79 Å². The van der Waals surface area contributed by atoms with Crippen molar-refractivity contribution < 1.29 is 19.6 Å². The van der Waals surface area contributed by atoms with Crippen LogP contribution in [0, 0.1) is 10.1 Å². The maximum Gasteiger partial charge on any atom is 0.338 e. The SMILES string of the molecule is CCOC(=O)c1ccc(N=Cc2cc([N+](=O)[O-])cc(Br)c2O)cc1. The smallest absolute Gasteiger partial charge is 0.338 e. The molecule has 7 nitrogen and oxygen atoms in total. The molecule has 2 aromatic carbocycles. The van der Waals surface area contributed by atoms with E-state index in [1.54, 1.807) is 31.2 Å². The number of benzene rings is 2. The minimum absolute atomic E-state index is 0.146. The van der Waals surface area contributed by atoms with Gasteiger partial charge in [0.15, 0.2) is 0 Å². The van der Waals surface area contributed by atoms with Crippen LogP contribution in [0.2, 0.25) is 0 Å². The van der Waals surface area contributed by atoms with E-state index < -0.39 is 10.9 Å². The molecule has 0 aliphatic heterocycles. The van der Waals surface area contributed by atoms with Crippen LogP contribution in [0.25, 0.3) is 0 Å². The highest BCUT2D eigenvalue weighted by molar-refractivity contribution is 9.10. The minimum Gasteiger partial charge on any atom is -0.506 e. The van der Waals surface area contributed by atoms with E-state index in [0.29, 0.717) is 17.9 Å². The number of hydrogen-bond acceptors (Lipinski definition) is 6. The van der Waals surface area contributed by atoms with E-state index in [0.717, 1.165) is 0 Å². The molecule has 0 unspecified atom stereocenters. The minimum atomic E-state index is -0.560. The van der Waals surface area contributed by atoms with E-state index in [9.17, 15) is 20.0 Å². The van der Waals surface area contributed by atoms with Gasteiger partial charge in [-0.3, -0.25) is 15.1 Å². The number of hydrogen-bond donors (Lipinski definition) is 1. The van der Waals surface area contributed by atoms with E-state index in [1.807, 2.05) is 0 Å². The molecule has 0 fully saturated rings. The molecule has 0 spiro atoms. The van der Waals surface area contributed by atoms with Gasteiger partial charge in [-0.15, -0.1) is 0 Å². The summed E-state index contributed by atoms with van der Waals surface area (Å²) >= 11 is 3.06. The number of phenolic OH excluding ortho intramolecular Hbond substituents is 1. The molecule has 2 aromatic rings. The predicted octanol–water partition coefficient (Wildman–Crippen LogP) is 3.99. The largest absolute Gasteiger partial charge is 0.506 e. The highest BCUT2D eigenvalue weighted by Gasteiger charge is 2.13. The second kappa shape index (κ2) is 7.69. The van der Waals surface area contributed by atoms with Gasteiger partial charge in [0.2, 0.25) is 0 Å². The molecular formula is C16H13BrN2O5. The molecule has 0 aliphatic carbocycles. The van der Waals surface area contributed by atoms with Crippen LogP contribution in [-0.4, -0.2) is 28.8 Å². The lowest BCUT2D eigenvalue weighted by Crippen LogP contribution is -2.03. The van der Waals surface area contributed by atoms with Crippen molar-refractivity contribution in [3.8, 4) is 5.75 Å². The topological polar surface area (TPSA) is 102 Å². The van der Waals surface area contributed by atoms with Gasteiger partial charge in [0.1, 0.15) is 5.75 Å². The zero-order valence-corrected chi connectivity index (χ0v) is 14.2. The second-order valence-corrected chi connectivity index (χ2v) is 5.50. The molecule has 0 amide bonds. The molecule has 0 bridgehead atoms. The number of carbonyl (C=O) groups is 1. The van der Waals surface area contributed by atoms with Crippen LogP contribution >= 0.6 is 15.9 Å². The number of aromatic hydroxyl groups is 1. The molecule has 0 aromatic heterocycles. The average molecular weight is 393 g/mol. The van der Waals surface area contributed by atoms with Crippen molar-refractivity contribution in [3.63, 3.8) is 0 Å². The van der Waals surface area contributed by atoms with Gasteiger partial charge in [-0.05, 0) is 47.1 Å². The Bertz CT molecular complexity index is 803. The maximum absolute atomic E-state index is 11.6. The summed E-state index contributed by atoms with van der Waals surface area (Å²) < 4.78 is 5.09. The lowest BCUT2D eigenvalue weighted by molar-refractivity contribution is -0.385. The number of nitro benzene ring substituents is 1. The second-order valence-electron chi connectivity index (χ2n) is 4.65. The van der Waals surface area contributed by atoms with E-state index in [-0.39, 0.29) is 21.5 Å². The van der Waals surface area contributed by atoms with Gasteiger partial charge < -0.3 is 9.84 Å². The zero-order chi connectivity index (χ0) is 17.7. The summed E-state index contributed by atoms with van der Waals surface area (Å²) in [6.07, 6.45) is 1.31. The van der Waals surface area contributed by atoms with Gasteiger partial charge in [-0.2, -0.15) is 0 Å². The van der Waals surface area contributed by atoms with Crippen LogP contribution in [0.5, 0.6) is 5.75 Å². The molecule has 24 heavy (non-hydrogen) atoms. The van der Waals surface area contributed by atoms with Gasteiger partial charge in [-0.1, -0.05) is 0 Å². The van der Waals surface area contributed by atoms with Gasteiger partial charge in [0.05, 0.1) is 27.3 Å². The highest BCUT2D eigenvalue weighted by Crippen LogP contribution is 2.31. The van der Waals surface area contributed by atoms with Crippen molar-refractivity contribution in [2.24, 2.45) is 4.99 Å². The maximum atomic E-state index is 11.6. The number of carbonyl (C=O) groups excluding carboxylic acids is 1. The van der Waals surface area contributed by atoms with E-state index in [4.69, 9.17) is 4.74 Å². The van der Waals surface area contributed by atoms with Crippen molar-refractivity contribution in [2.75, 3.05) is 6.61 Å². The Labute approximate surface area is 145 Å². The van der Waals surface area contributed by atoms with Crippen LogP contribution in [0.4, 0.5) is 11.4 Å². The van der Waals surface area contributed by atoms with Crippen LogP contribution in [-0.2, 0) is 4.74 Å². The van der Waals surface area contributed by atoms with E-state index in [2.05, 4.69) is 20.9 Å². The van der Waals surface area contributed by atoms with Crippen molar-refractivity contribution in [2.45, 2.75) is 6.92 Å². The lowest BCUT2D eigenvalue weighted by Gasteiger charge is -2.03. The first-order valence-electron chi connectivity index (χ1n) is 6.90. The first-order valence-corrected chi connectivity index (χ1v) is 7.69. The fourth-order valence-corrected chi connectivity index (χ4v) is 2.31. The van der Waals surface area contributed by atoms with Crippen molar-refractivity contribution in [1.82, 2.24) is 0 Å². The molecule has 0 heterocycles. The Kier molecular flexibility index (Phi) is 5.64. The van der Waals surface area contributed by atoms with Gasteiger partial charge in [0, 0.05) is 23.9 Å². The molecule has 0 saturated heterocycles. The number of halogens is 1. The average Bonchev–Trinajstić information content (AvgIpc) is 2.56. The first-order chi connectivity index (χ1) is 11.4. The molecule has 1 N–H and O–H groups in total. The summed E-state index contributed by atoms with van der Waals surface area (Å²) in [7, 11) is 0. The van der Waals surface area contributed by atoms with Gasteiger partial charge in [0.25, 0.3) is 5.69 Å². The zero-order valence-electron chi connectivity index (χ0n) is 12.6. The fourth-order valence-electron chi connectivity index (χ4n) is 1.85. The Morgan fingerprint density at radius 2 is 2.04 bits per heavy atom. The normalized spacial score (nSPS) is 10.8. The third kappa shape index (κ3) is 4.17. The number of rotatable bonds is 5. The third-order valence-electron chi connectivity index (χ3n) is 3.02.